The average molecular weight is 641 g/mol. The summed E-state index contributed by atoms with van der Waals surface area (Å²) in [6.07, 6.45) is 0. The van der Waals surface area contributed by atoms with Crippen molar-refractivity contribution >= 4 is 43.7 Å². The molecule has 5 nitrogen and oxygen atoms in total. The van der Waals surface area contributed by atoms with Gasteiger partial charge in [0.25, 0.3) is 0 Å². The Bertz CT molecular complexity index is 2800. The minimum atomic E-state index is 0.592. The van der Waals surface area contributed by atoms with Crippen molar-refractivity contribution in [3.05, 3.63) is 170 Å². The average Bonchev–Trinajstić information content (AvgIpc) is 3.73. The van der Waals surface area contributed by atoms with E-state index >= 15 is 0 Å². The van der Waals surface area contributed by atoms with Crippen molar-refractivity contribution in [1.29, 1.82) is 0 Å². The number of para-hydroxylation sites is 2. The van der Waals surface area contributed by atoms with Crippen LogP contribution in [0.4, 0.5) is 0 Å². The van der Waals surface area contributed by atoms with Crippen LogP contribution in [0.15, 0.2) is 174 Å². The molecular formula is C45H28N4O. The molecule has 10 aromatic rings. The van der Waals surface area contributed by atoms with Crippen LogP contribution in [0.5, 0.6) is 0 Å². The SMILES string of the molecule is c1ccc(-c2ccc(-c3nc(-c4ccccc4)nc(-c4ccc5c(c4)oc4ccc(-n6c7ccccc7c7ccccc76)cc45)n3)cc2)cc1. The number of fused-ring (bicyclic) bond motifs is 6. The maximum atomic E-state index is 6.47. The Labute approximate surface area is 287 Å². The summed E-state index contributed by atoms with van der Waals surface area (Å²) in [6.45, 7) is 0. The molecule has 0 N–H and O–H groups in total. The maximum Gasteiger partial charge on any atom is 0.164 e. The third-order valence-electron chi connectivity index (χ3n) is 9.47. The first-order valence-electron chi connectivity index (χ1n) is 16.7. The molecule has 0 unspecified atom stereocenters. The van der Waals surface area contributed by atoms with Gasteiger partial charge in [-0.15, -0.1) is 0 Å². The number of nitrogens with zero attached hydrogens (tertiary/aromatic N) is 4. The zero-order valence-electron chi connectivity index (χ0n) is 26.9. The smallest absolute Gasteiger partial charge is 0.164 e. The minimum absolute atomic E-state index is 0.592. The van der Waals surface area contributed by atoms with E-state index in [1.807, 2.05) is 42.5 Å². The molecule has 0 fully saturated rings. The summed E-state index contributed by atoms with van der Waals surface area (Å²) in [5.41, 5.74) is 10.1. The highest BCUT2D eigenvalue weighted by Gasteiger charge is 2.17. The monoisotopic (exact) mass is 640 g/mol. The van der Waals surface area contributed by atoms with Gasteiger partial charge in [0.2, 0.25) is 0 Å². The van der Waals surface area contributed by atoms with Crippen LogP contribution in [-0.4, -0.2) is 19.5 Å². The molecule has 0 bridgehead atoms. The van der Waals surface area contributed by atoms with Crippen molar-refractivity contribution in [2.75, 3.05) is 0 Å². The molecule has 0 aliphatic carbocycles. The highest BCUT2D eigenvalue weighted by Crippen LogP contribution is 2.37. The molecule has 234 valence electrons. The normalized spacial score (nSPS) is 11.6. The first-order chi connectivity index (χ1) is 24.8. The standard InChI is InChI=1S/C45H28N4O/c1-3-11-29(12-4-1)30-19-21-32(22-20-30)44-46-43(31-13-5-2-6-14-31)47-45(48-44)33-23-25-37-38-28-34(24-26-41(38)50-42(37)27-33)49-39-17-9-7-15-35(39)36-16-8-10-18-40(36)49/h1-28H. The Balaban J connectivity index is 1.09. The van der Waals surface area contributed by atoms with Gasteiger partial charge in [0.1, 0.15) is 11.2 Å². The molecule has 7 aromatic carbocycles. The quantitative estimate of drug-likeness (QED) is 0.188. The van der Waals surface area contributed by atoms with Crippen molar-refractivity contribution in [3.8, 4) is 51.0 Å². The maximum absolute atomic E-state index is 6.47. The molecule has 10 rings (SSSR count). The van der Waals surface area contributed by atoms with Gasteiger partial charge in [0.05, 0.1) is 11.0 Å². The lowest BCUT2D eigenvalue weighted by molar-refractivity contribution is 0.669. The zero-order valence-corrected chi connectivity index (χ0v) is 26.9. The van der Waals surface area contributed by atoms with Crippen LogP contribution in [0, 0.1) is 0 Å². The molecule has 0 saturated carbocycles. The lowest BCUT2D eigenvalue weighted by Gasteiger charge is -2.09. The highest BCUT2D eigenvalue weighted by molar-refractivity contribution is 6.10. The van der Waals surface area contributed by atoms with E-state index in [0.717, 1.165) is 49.9 Å². The lowest BCUT2D eigenvalue weighted by atomic mass is 10.0. The van der Waals surface area contributed by atoms with Crippen LogP contribution in [0.1, 0.15) is 0 Å². The molecule has 5 heteroatoms. The summed E-state index contributed by atoms with van der Waals surface area (Å²) >= 11 is 0. The highest BCUT2D eigenvalue weighted by atomic mass is 16.3. The fourth-order valence-electron chi connectivity index (χ4n) is 7.04. The van der Waals surface area contributed by atoms with Crippen LogP contribution in [0.3, 0.4) is 0 Å². The van der Waals surface area contributed by atoms with Gasteiger partial charge in [0, 0.05) is 43.9 Å². The summed E-state index contributed by atoms with van der Waals surface area (Å²) in [6, 6.07) is 58.6. The predicted molar refractivity (Wildman–Crippen MR) is 203 cm³/mol. The van der Waals surface area contributed by atoms with Gasteiger partial charge in [-0.1, -0.05) is 127 Å². The molecule has 50 heavy (non-hydrogen) atoms. The van der Waals surface area contributed by atoms with E-state index < -0.39 is 0 Å². The van der Waals surface area contributed by atoms with Crippen LogP contribution in [0.25, 0.3) is 94.7 Å². The second kappa shape index (κ2) is 11.4. The van der Waals surface area contributed by atoms with Gasteiger partial charge in [-0.25, -0.2) is 15.0 Å². The second-order valence-corrected chi connectivity index (χ2v) is 12.5. The molecule has 3 aromatic heterocycles. The molecule has 0 aliphatic heterocycles. The van der Waals surface area contributed by atoms with Crippen molar-refractivity contribution in [3.63, 3.8) is 0 Å². The number of hydrogen-bond donors (Lipinski definition) is 0. The first kappa shape index (κ1) is 28.2. The van der Waals surface area contributed by atoms with E-state index in [9.17, 15) is 0 Å². The number of furan rings is 1. The van der Waals surface area contributed by atoms with E-state index in [0.29, 0.717) is 17.5 Å². The van der Waals surface area contributed by atoms with E-state index in [2.05, 4.69) is 132 Å². The summed E-state index contributed by atoms with van der Waals surface area (Å²) in [5, 5.41) is 4.58. The molecule has 0 atom stereocenters. The second-order valence-electron chi connectivity index (χ2n) is 12.5. The number of benzene rings is 7. The summed E-state index contributed by atoms with van der Waals surface area (Å²) in [5.74, 6) is 1.83. The Morgan fingerprint density at radius 3 is 1.50 bits per heavy atom. The van der Waals surface area contributed by atoms with E-state index in [1.165, 1.54) is 27.4 Å². The number of rotatable bonds is 5. The van der Waals surface area contributed by atoms with Gasteiger partial charge >= 0.3 is 0 Å². The fraction of sp³-hybridized carbons (Fsp3) is 0. The topological polar surface area (TPSA) is 56.7 Å². The Hall–Kier alpha value is -6.85. The van der Waals surface area contributed by atoms with E-state index in [4.69, 9.17) is 19.4 Å². The third-order valence-corrected chi connectivity index (χ3v) is 9.47. The molecule has 0 saturated heterocycles. The van der Waals surface area contributed by atoms with Gasteiger partial charge in [-0.05, 0) is 53.6 Å². The first-order valence-corrected chi connectivity index (χ1v) is 16.7. The van der Waals surface area contributed by atoms with Gasteiger partial charge in [-0.3, -0.25) is 0 Å². The largest absolute Gasteiger partial charge is 0.456 e. The molecule has 0 amide bonds. The van der Waals surface area contributed by atoms with Crippen molar-refractivity contribution in [2.24, 2.45) is 0 Å². The van der Waals surface area contributed by atoms with Gasteiger partial charge in [-0.2, -0.15) is 0 Å². The molecule has 0 radical (unpaired) electrons. The summed E-state index contributed by atoms with van der Waals surface area (Å²) < 4.78 is 8.80. The van der Waals surface area contributed by atoms with Gasteiger partial charge in [0.15, 0.2) is 17.5 Å². The third kappa shape index (κ3) is 4.67. The number of aromatic nitrogens is 4. The Morgan fingerprint density at radius 2 is 0.840 bits per heavy atom. The summed E-state index contributed by atoms with van der Waals surface area (Å²) in [4.78, 5) is 14.9. The number of hydrogen-bond acceptors (Lipinski definition) is 4. The van der Waals surface area contributed by atoms with E-state index in [1.54, 1.807) is 0 Å². The fourth-order valence-corrected chi connectivity index (χ4v) is 7.04. The van der Waals surface area contributed by atoms with Gasteiger partial charge < -0.3 is 8.98 Å². The van der Waals surface area contributed by atoms with Crippen molar-refractivity contribution in [1.82, 2.24) is 19.5 Å². The van der Waals surface area contributed by atoms with Crippen molar-refractivity contribution < 1.29 is 4.42 Å². The molecule has 0 aliphatic rings. The van der Waals surface area contributed by atoms with Crippen LogP contribution in [-0.2, 0) is 0 Å². The zero-order chi connectivity index (χ0) is 33.0. The molecule has 0 spiro atoms. The van der Waals surface area contributed by atoms with E-state index in [-0.39, 0.29) is 0 Å². The Kier molecular flexibility index (Phi) is 6.42. The minimum Gasteiger partial charge on any atom is -0.456 e. The van der Waals surface area contributed by atoms with Crippen molar-refractivity contribution in [2.45, 2.75) is 0 Å². The summed E-state index contributed by atoms with van der Waals surface area (Å²) in [7, 11) is 0. The Morgan fingerprint density at radius 1 is 0.340 bits per heavy atom. The molecular weight excluding hydrogens is 613 g/mol. The van der Waals surface area contributed by atoms with Crippen LogP contribution in [0.2, 0.25) is 0 Å². The molecule has 3 heterocycles. The lowest BCUT2D eigenvalue weighted by Crippen LogP contribution is -2.00. The predicted octanol–water partition coefficient (Wildman–Crippen LogP) is 11.5. The van der Waals surface area contributed by atoms with Crippen LogP contribution >= 0.6 is 0 Å². The van der Waals surface area contributed by atoms with Crippen LogP contribution < -0.4 is 0 Å².